The lowest BCUT2D eigenvalue weighted by atomic mass is 10.00. The Balaban J connectivity index is 1.80. The molecule has 0 amide bonds. The lowest BCUT2D eigenvalue weighted by molar-refractivity contribution is -0.137. The molecule has 2 aromatic carbocycles. The van der Waals surface area contributed by atoms with Gasteiger partial charge in [0.15, 0.2) is 5.13 Å². The molecule has 0 radical (unpaired) electrons. The number of carboxylic acid groups (broad SMARTS) is 1. The third kappa shape index (κ3) is 4.16. The summed E-state index contributed by atoms with van der Waals surface area (Å²) in [7, 11) is 0. The van der Waals surface area contributed by atoms with Crippen LogP contribution in [-0.4, -0.2) is 21.0 Å². The van der Waals surface area contributed by atoms with E-state index >= 15 is 0 Å². The van der Waals surface area contributed by atoms with Crippen LogP contribution >= 0.6 is 11.3 Å². The van der Waals surface area contributed by atoms with E-state index in [1.54, 1.807) is 0 Å². The molecule has 9 heteroatoms. The van der Waals surface area contributed by atoms with Gasteiger partial charge in [-0.05, 0) is 22.8 Å². The SMILES string of the molecule is CC(C)c1nc(Nc2ncc(C(F)(F)F)cc2C(=O)O)sc1-c1cccc2ccccc12. The molecule has 0 aliphatic carbocycles. The topological polar surface area (TPSA) is 75.1 Å². The number of thiazole rings is 1. The summed E-state index contributed by atoms with van der Waals surface area (Å²) in [6.07, 6.45) is -4.08. The van der Waals surface area contributed by atoms with Crippen LogP contribution in [0.3, 0.4) is 0 Å². The van der Waals surface area contributed by atoms with E-state index in [1.807, 2.05) is 56.3 Å². The Labute approximate surface area is 185 Å². The molecule has 0 saturated carbocycles. The highest BCUT2D eigenvalue weighted by Crippen LogP contribution is 2.41. The monoisotopic (exact) mass is 457 g/mol. The number of aromatic carboxylic acids is 1. The average molecular weight is 457 g/mol. The predicted molar refractivity (Wildman–Crippen MR) is 119 cm³/mol. The van der Waals surface area contributed by atoms with Crippen molar-refractivity contribution >= 4 is 39.0 Å². The maximum atomic E-state index is 13.0. The number of hydrogen-bond donors (Lipinski definition) is 2. The number of pyridine rings is 1. The summed E-state index contributed by atoms with van der Waals surface area (Å²) in [6.45, 7) is 3.99. The summed E-state index contributed by atoms with van der Waals surface area (Å²) < 4.78 is 39.0. The van der Waals surface area contributed by atoms with Crippen LogP contribution in [0.4, 0.5) is 24.1 Å². The van der Waals surface area contributed by atoms with Gasteiger partial charge in [0, 0.05) is 11.8 Å². The van der Waals surface area contributed by atoms with Gasteiger partial charge in [-0.15, -0.1) is 0 Å². The van der Waals surface area contributed by atoms with Gasteiger partial charge < -0.3 is 10.4 Å². The summed E-state index contributed by atoms with van der Waals surface area (Å²) in [5.41, 5.74) is 0.0839. The smallest absolute Gasteiger partial charge is 0.417 e. The number of carboxylic acids is 1. The van der Waals surface area contributed by atoms with Crippen molar-refractivity contribution in [1.82, 2.24) is 9.97 Å². The van der Waals surface area contributed by atoms with Crippen molar-refractivity contribution in [2.45, 2.75) is 25.9 Å². The van der Waals surface area contributed by atoms with E-state index in [0.29, 0.717) is 17.4 Å². The molecule has 0 aliphatic heterocycles. The number of hydrogen-bond acceptors (Lipinski definition) is 5. The normalized spacial score (nSPS) is 11.8. The molecule has 0 spiro atoms. The molecule has 2 heterocycles. The second-order valence-electron chi connectivity index (χ2n) is 7.46. The zero-order valence-corrected chi connectivity index (χ0v) is 17.9. The van der Waals surface area contributed by atoms with E-state index in [4.69, 9.17) is 0 Å². The minimum Gasteiger partial charge on any atom is -0.478 e. The number of alkyl halides is 3. The molecule has 2 N–H and O–H groups in total. The Kier molecular flexibility index (Phi) is 5.60. The van der Waals surface area contributed by atoms with Crippen LogP contribution in [0, 0.1) is 0 Å². The minimum absolute atomic E-state index is 0.0651. The van der Waals surface area contributed by atoms with Crippen molar-refractivity contribution in [2.24, 2.45) is 0 Å². The van der Waals surface area contributed by atoms with E-state index in [9.17, 15) is 23.1 Å². The first-order chi connectivity index (χ1) is 15.1. The van der Waals surface area contributed by atoms with Gasteiger partial charge in [0.2, 0.25) is 0 Å². The van der Waals surface area contributed by atoms with Crippen LogP contribution in [0.2, 0.25) is 0 Å². The van der Waals surface area contributed by atoms with Gasteiger partial charge in [-0.3, -0.25) is 0 Å². The number of carbonyl (C=O) groups is 1. The molecule has 5 nitrogen and oxygen atoms in total. The largest absolute Gasteiger partial charge is 0.478 e. The molecule has 0 fully saturated rings. The Hall–Kier alpha value is -3.46. The standard InChI is InChI=1S/C23H18F3N3O2S/c1-12(2)18-19(16-9-5-7-13-6-3-4-8-15(13)16)32-22(28-18)29-20-17(21(30)31)10-14(11-27-20)23(24,25)26/h3-12H,1-2H3,(H,30,31)(H,27,28,29). The first-order valence-corrected chi connectivity index (χ1v) is 10.5. The van der Waals surface area contributed by atoms with Crippen LogP contribution in [0.1, 0.15) is 41.4 Å². The van der Waals surface area contributed by atoms with E-state index in [-0.39, 0.29) is 11.7 Å². The van der Waals surface area contributed by atoms with Gasteiger partial charge >= 0.3 is 12.1 Å². The van der Waals surface area contributed by atoms with Crippen molar-refractivity contribution in [3.8, 4) is 10.4 Å². The van der Waals surface area contributed by atoms with Gasteiger partial charge in [0.05, 0.1) is 16.1 Å². The molecule has 164 valence electrons. The number of anilines is 2. The number of nitrogens with zero attached hydrogens (tertiary/aromatic N) is 2. The van der Waals surface area contributed by atoms with Crippen LogP contribution in [0.25, 0.3) is 21.2 Å². The van der Waals surface area contributed by atoms with Crippen molar-refractivity contribution in [3.63, 3.8) is 0 Å². The van der Waals surface area contributed by atoms with E-state index in [0.717, 1.165) is 26.9 Å². The number of nitrogens with one attached hydrogen (secondary N) is 1. The number of rotatable bonds is 5. The van der Waals surface area contributed by atoms with E-state index < -0.39 is 23.3 Å². The van der Waals surface area contributed by atoms with Crippen LogP contribution in [0.5, 0.6) is 0 Å². The van der Waals surface area contributed by atoms with Crippen molar-refractivity contribution in [2.75, 3.05) is 5.32 Å². The maximum absolute atomic E-state index is 13.0. The Morgan fingerprint density at radius 3 is 2.53 bits per heavy atom. The summed E-state index contributed by atoms with van der Waals surface area (Å²) in [4.78, 5) is 20.8. The minimum atomic E-state index is -4.69. The number of aromatic nitrogens is 2. The molecular formula is C23H18F3N3O2S. The molecular weight excluding hydrogens is 439 g/mol. The van der Waals surface area contributed by atoms with Crippen molar-refractivity contribution < 1.29 is 23.1 Å². The Morgan fingerprint density at radius 2 is 1.84 bits per heavy atom. The zero-order valence-electron chi connectivity index (χ0n) is 17.1. The number of benzene rings is 2. The number of fused-ring (bicyclic) bond motifs is 1. The van der Waals surface area contributed by atoms with Crippen molar-refractivity contribution in [3.05, 3.63) is 71.5 Å². The van der Waals surface area contributed by atoms with Crippen LogP contribution in [0.15, 0.2) is 54.7 Å². The molecule has 2 aromatic heterocycles. The molecule has 0 atom stereocenters. The second-order valence-corrected chi connectivity index (χ2v) is 8.46. The molecule has 0 bridgehead atoms. The number of halogens is 3. The van der Waals surface area contributed by atoms with Gasteiger partial charge in [-0.1, -0.05) is 67.6 Å². The second kappa shape index (κ2) is 8.23. The molecule has 0 aliphatic rings. The lowest BCUT2D eigenvalue weighted by Gasteiger charge is -2.10. The van der Waals surface area contributed by atoms with Gasteiger partial charge in [-0.2, -0.15) is 13.2 Å². The molecule has 4 aromatic rings. The summed E-state index contributed by atoms with van der Waals surface area (Å²) in [5, 5.41) is 14.7. The summed E-state index contributed by atoms with van der Waals surface area (Å²) in [5.74, 6) is -1.64. The third-order valence-corrected chi connectivity index (χ3v) is 5.93. The van der Waals surface area contributed by atoms with E-state index in [2.05, 4.69) is 15.3 Å². The molecule has 4 rings (SSSR count). The predicted octanol–water partition coefficient (Wildman–Crippen LogP) is 6.94. The lowest BCUT2D eigenvalue weighted by Crippen LogP contribution is -2.11. The Morgan fingerprint density at radius 1 is 1.12 bits per heavy atom. The van der Waals surface area contributed by atoms with Crippen LogP contribution < -0.4 is 5.32 Å². The quantitative estimate of drug-likeness (QED) is 0.339. The highest BCUT2D eigenvalue weighted by Gasteiger charge is 2.33. The average Bonchev–Trinajstić information content (AvgIpc) is 3.16. The van der Waals surface area contributed by atoms with Gasteiger partial charge in [0.25, 0.3) is 0 Å². The van der Waals surface area contributed by atoms with Gasteiger partial charge in [0.1, 0.15) is 11.4 Å². The summed E-state index contributed by atoms with van der Waals surface area (Å²) in [6, 6.07) is 14.5. The maximum Gasteiger partial charge on any atom is 0.417 e. The van der Waals surface area contributed by atoms with Crippen LogP contribution in [-0.2, 0) is 6.18 Å². The molecule has 0 unspecified atom stereocenters. The highest BCUT2D eigenvalue weighted by molar-refractivity contribution is 7.19. The molecule has 32 heavy (non-hydrogen) atoms. The fourth-order valence-corrected chi connectivity index (χ4v) is 4.54. The summed E-state index contributed by atoms with van der Waals surface area (Å²) >= 11 is 1.30. The fourth-order valence-electron chi connectivity index (χ4n) is 3.38. The first-order valence-electron chi connectivity index (χ1n) is 9.71. The fraction of sp³-hybridized carbons (Fsp3) is 0.174. The van der Waals surface area contributed by atoms with Gasteiger partial charge in [-0.25, -0.2) is 14.8 Å². The first kappa shape index (κ1) is 21.8. The Bertz CT molecular complexity index is 1310. The van der Waals surface area contributed by atoms with Crippen molar-refractivity contribution in [1.29, 1.82) is 0 Å². The molecule has 0 saturated heterocycles. The van der Waals surface area contributed by atoms with E-state index in [1.165, 1.54) is 11.3 Å². The third-order valence-electron chi connectivity index (χ3n) is 4.91. The highest BCUT2D eigenvalue weighted by atomic mass is 32.1. The zero-order chi connectivity index (χ0) is 23.0.